The Kier molecular flexibility index (Phi) is 12.5. The van der Waals surface area contributed by atoms with Crippen LogP contribution in [0, 0.1) is 28.4 Å². The summed E-state index contributed by atoms with van der Waals surface area (Å²) in [5.41, 5.74) is 5.25. The van der Waals surface area contributed by atoms with Crippen LogP contribution in [0.2, 0.25) is 0 Å². The van der Waals surface area contributed by atoms with Gasteiger partial charge in [-0.25, -0.2) is 23.1 Å². The first-order valence-corrected chi connectivity index (χ1v) is 28.1. The number of hydrogen-bond donors (Lipinski definition) is 3. The smallest absolute Gasteiger partial charge is 0.297 e. The number of nitrogens with one attached hydrogen (secondary N) is 3. The van der Waals surface area contributed by atoms with Crippen molar-refractivity contribution in [3.8, 4) is 11.6 Å². The van der Waals surface area contributed by atoms with Gasteiger partial charge in [0, 0.05) is 100 Å². The molecule has 20 nitrogen and oxygen atoms in total. The van der Waals surface area contributed by atoms with Crippen LogP contribution in [0.1, 0.15) is 72.5 Å². The zero-order chi connectivity index (χ0) is 51.7. The van der Waals surface area contributed by atoms with Crippen LogP contribution in [0.4, 0.5) is 34.4 Å². The lowest BCUT2D eigenvalue weighted by atomic mass is 9.59. The van der Waals surface area contributed by atoms with Crippen molar-refractivity contribution < 1.29 is 37.1 Å². The van der Waals surface area contributed by atoms with Crippen molar-refractivity contribution in [1.29, 1.82) is 0 Å². The summed E-state index contributed by atoms with van der Waals surface area (Å²) in [6.45, 7) is 8.54. The van der Waals surface area contributed by atoms with Crippen molar-refractivity contribution in [2.45, 2.75) is 87.0 Å². The number of carbonyl (C=O) groups is 1. The van der Waals surface area contributed by atoms with Gasteiger partial charge in [-0.05, 0) is 111 Å². The molecule has 3 aromatic carbocycles. The summed E-state index contributed by atoms with van der Waals surface area (Å²) in [7, 11) is -4.70. The summed E-state index contributed by atoms with van der Waals surface area (Å²) >= 11 is 0. The first-order chi connectivity index (χ1) is 37.0. The van der Waals surface area contributed by atoms with Gasteiger partial charge in [0.2, 0.25) is 11.8 Å². The third-order valence-corrected chi connectivity index (χ3v) is 18.6. The number of sulfonamides is 1. The standard InChI is InChI=1S/C55H61N11O9S/c1-34-5-2-3-6-40(34)47-31-63(54-57-15-4-16-58-54)20-21-64(47)38-29-55(30-38)13-18-62(19-14-55)37-7-8-41(44(26-37)65-43-12-24-73-33-49(43)75-53-46(65)25-36-9-17-56-51(36)60-53)52(67)61-76(70,71)39-27-45(66(68)69)50-48(28-39)74-32-42(59-50)35-10-22-72-23-11-35/h2-9,15-17,25-28,35,38,42-43,47,49,59H,10-14,18-24,29-33H2,1H3,(H,56,60)(H,61,67)/t42-,43-,47-,49-/m0/s1. The molecule has 5 fully saturated rings. The molecule has 6 aliphatic heterocycles. The number of aryl methyl sites for hydroxylation is 1. The largest absolute Gasteiger partial charge is 0.489 e. The summed E-state index contributed by atoms with van der Waals surface area (Å²) in [5, 5.41) is 16.7. The van der Waals surface area contributed by atoms with Crippen LogP contribution in [0.3, 0.4) is 0 Å². The highest BCUT2D eigenvalue weighted by molar-refractivity contribution is 7.90. The number of aromatic nitrogens is 4. The molecule has 6 aromatic rings. The van der Waals surface area contributed by atoms with E-state index in [0.29, 0.717) is 61.8 Å². The van der Waals surface area contributed by atoms with Crippen molar-refractivity contribution in [3.05, 3.63) is 118 Å². The number of piperidine rings is 1. The van der Waals surface area contributed by atoms with Gasteiger partial charge in [-0.3, -0.25) is 19.8 Å². The molecule has 13 rings (SSSR count). The molecular weight excluding hydrogens is 991 g/mol. The monoisotopic (exact) mass is 1050 g/mol. The van der Waals surface area contributed by atoms with E-state index in [1.165, 1.54) is 17.2 Å². The number of hydrogen-bond acceptors (Lipinski definition) is 17. The number of pyridine rings is 1. The van der Waals surface area contributed by atoms with E-state index in [-0.39, 0.29) is 53.1 Å². The van der Waals surface area contributed by atoms with Crippen LogP contribution in [0.25, 0.3) is 11.0 Å². The number of anilines is 5. The summed E-state index contributed by atoms with van der Waals surface area (Å²) in [6, 6.07) is 22.4. The van der Waals surface area contributed by atoms with Crippen LogP contribution in [-0.4, -0.2) is 134 Å². The van der Waals surface area contributed by atoms with Crippen LogP contribution < -0.4 is 34.2 Å². The minimum atomic E-state index is -4.70. The third-order valence-electron chi connectivity index (χ3n) is 17.3. The van der Waals surface area contributed by atoms with E-state index in [2.05, 4.69) is 75.8 Å². The molecule has 4 atom stereocenters. The highest BCUT2D eigenvalue weighted by Gasteiger charge is 2.51. The van der Waals surface area contributed by atoms with Gasteiger partial charge >= 0.3 is 0 Å². The molecule has 9 heterocycles. The van der Waals surface area contributed by atoms with E-state index >= 15 is 0 Å². The molecule has 1 aliphatic carbocycles. The Balaban J connectivity index is 0.785. The molecule has 76 heavy (non-hydrogen) atoms. The number of nitrogens with zero attached hydrogens (tertiary/aromatic N) is 8. The Morgan fingerprint density at radius 3 is 2.49 bits per heavy atom. The number of nitro benzene ring substituents is 1. The number of carbonyl (C=O) groups excluding carboxylic acids is 1. The maximum atomic E-state index is 14.9. The zero-order valence-corrected chi connectivity index (χ0v) is 43.1. The SMILES string of the molecule is Cc1ccccc1[C@@H]1CN(c2ncccn2)CCN1C1CC2(CCN(c3ccc(C(=O)NS(=O)(=O)c4cc5c(c([N+](=O)[O-])c4)N[C@H](C4CCOCC4)CO5)c(N4c5cc6cc[nH]c6nc5O[C@H]5COCC[C@@H]54)c3)CC2)C1. The van der Waals surface area contributed by atoms with Crippen LogP contribution in [0.5, 0.6) is 11.6 Å². The van der Waals surface area contributed by atoms with Gasteiger partial charge in [-0.2, -0.15) is 4.98 Å². The van der Waals surface area contributed by atoms with Crippen molar-refractivity contribution in [2.24, 2.45) is 11.3 Å². The fraction of sp³-hybridized carbons (Fsp3) is 0.455. The Bertz CT molecular complexity index is 3300. The van der Waals surface area contributed by atoms with Crippen LogP contribution in [0.15, 0.2) is 96.3 Å². The predicted octanol–water partition coefficient (Wildman–Crippen LogP) is 7.29. The molecule has 1 saturated carbocycles. The number of aromatic amines is 1. The third kappa shape index (κ3) is 8.89. The van der Waals surface area contributed by atoms with Gasteiger partial charge in [-0.1, -0.05) is 24.3 Å². The van der Waals surface area contributed by atoms with E-state index in [9.17, 15) is 23.3 Å². The molecular formula is C55H61N11O9S. The Morgan fingerprint density at radius 2 is 1.68 bits per heavy atom. The number of rotatable bonds is 10. The number of nitro groups is 1. The highest BCUT2D eigenvalue weighted by Crippen LogP contribution is 2.54. The second kappa shape index (κ2) is 19.5. The average molecular weight is 1050 g/mol. The van der Waals surface area contributed by atoms with E-state index in [1.807, 2.05) is 48.9 Å². The molecule has 21 heteroatoms. The van der Waals surface area contributed by atoms with Gasteiger partial charge < -0.3 is 43.9 Å². The van der Waals surface area contributed by atoms with Crippen molar-refractivity contribution in [3.63, 3.8) is 0 Å². The molecule has 1 spiro atoms. The van der Waals surface area contributed by atoms with E-state index in [1.54, 1.807) is 6.07 Å². The molecule has 3 aromatic heterocycles. The first kappa shape index (κ1) is 48.6. The Hall–Kier alpha value is -7.07. The molecule has 4 saturated heterocycles. The topological polar surface area (TPSA) is 223 Å². The lowest BCUT2D eigenvalue weighted by molar-refractivity contribution is -0.384. The van der Waals surface area contributed by atoms with Crippen molar-refractivity contribution in [1.82, 2.24) is 29.6 Å². The van der Waals surface area contributed by atoms with Gasteiger partial charge in [0.05, 0.1) is 45.8 Å². The highest BCUT2D eigenvalue weighted by atomic mass is 32.2. The summed E-state index contributed by atoms with van der Waals surface area (Å²) in [4.78, 5) is 53.1. The maximum absolute atomic E-state index is 14.9. The van der Waals surface area contributed by atoms with E-state index in [0.717, 1.165) is 94.3 Å². The second-order valence-electron chi connectivity index (χ2n) is 21.6. The maximum Gasteiger partial charge on any atom is 0.297 e. The minimum absolute atomic E-state index is 0.0267. The first-order valence-electron chi connectivity index (χ1n) is 26.6. The molecule has 7 aliphatic rings. The predicted molar refractivity (Wildman–Crippen MR) is 284 cm³/mol. The molecule has 396 valence electrons. The molecule has 0 radical (unpaired) electrons. The molecule has 3 N–H and O–H groups in total. The summed E-state index contributed by atoms with van der Waals surface area (Å²) < 4.78 is 55.1. The quantitative estimate of drug-likeness (QED) is 0.0905. The van der Waals surface area contributed by atoms with Gasteiger partial charge in [-0.15, -0.1) is 0 Å². The van der Waals surface area contributed by atoms with Crippen LogP contribution >= 0.6 is 0 Å². The number of fused-ring (bicyclic) bond motifs is 4. The molecule has 1 amide bonds. The fourth-order valence-electron chi connectivity index (χ4n) is 13.1. The van der Waals surface area contributed by atoms with E-state index < -0.39 is 37.5 Å². The number of ether oxygens (including phenoxy) is 4. The van der Waals surface area contributed by atoms with Gasteiger partial charge in [0.25, 0.3) is 21.6 Å². The van der Waals surface area contributed by atoms with E-state index in [4.69, 9.17) is 23.9 Å². The minimum Gasteiger partial charge on any atom is -0.489 e. The second-order valence-corrected chi connectivity index (χ2v) is 23.2. The number of amides is 1. The number of H-pyrrole nitrogens is 1. The Labute approximate surface area is 440 Å². The number of piperazine rings is 1. The molecule has 0 bridgehead atoms. The summed E-state index contributed by atoms with van der Waals surface area (Å²) in [5.74, 6) is 0.427. The Morgan fingerprint density at radius 1 is 0.882 bits per heavy atom. The summed E-state index contributed by atoms with van der Waals surface area (Å²) in [6.07, 6.45) is 11.3. The lowest BCUT2D eigenvalue weighted by Gasteiger charge is -2.58. The fourth-order valence-corrected chi connectivity index (χ4v) is 14.1. The lowest BCUT2D eigenvalue weighted by Crippen LogP contribution is -2.60. The number of benzene rings is 3. The van der Waals surface area contributed by atoms with Gasteiger partial charge in [0.15, 0.2) is 11.4 Å². The zero-order valence-electron chi connectivity index (χ0n) is 42.3. The normalized spacial score (nSPS) is 23.8. The van der Waals surface area contributed by atoms with Gasteiger partial charge in [0.1, 0.15) is 24.0 Å². The average Bonchev–Trinajstić information content (AvgIpc) is 3.97. The van der Waals surface area contributed by atoms with Crippen molar-refractivity contribution in [2.75, 3.05) is 85.8 Å². The van der Waals surface area contributed by atoms with Crippen molar-refractivity contribution >= 4 is 61.3 Å². The van der Waals surface area contributed by atoms with Crippen LogP contribution in [-0.2, 0) is 19.5 Å². The molecule has 0 unspecified atom stereocenters.